The van der Waals surface area contributed by atoms with E-state index in [4.69, 9.17) is 20.4 Å². The largest absolute Gasteiger partial charge is 0.490 e. The van der Waals surface area contributed by atoms with E-state index in [1.54, 1.807) is 10.9 Å². The molecule has 2 aromatic rings. The van der Waals surface area contributed by atoms with Gasteiger partial charge in [-0.1, -0.05) is 57.2 Å². The smallest absolute Gasteiger partial charge is 0.475 e. The van der Waals surface area contributed by atoms with E-state index in [1.807, 2.05) is 35.2 Å². The van der Waals surface area contributed by atoms with Crippen LogP contribution in [0.1, 0.15) is 94.3 Å². The number of aromatic nitrogens is 2. The van der Waals surface area contributed by atoms with E-state index in [0.717, 1.165) is 64.0 Å². The molecule has 1 unspecified atom stereocenters. The summed E-state index contributed by atoms with van der Waals surface area (Å²) in [6, 6.07) is 10.1. The van der Waals surface area contributed by atoms with E-state index in [1.165, 1.54) is 44.9 Å². The average molecular weight is 705 g/mol. The number of hydrogen-bond acceptors (Lipinski definition) is 7. The van der Waals surface area contributed by atoms with Gasteiger partial charge in [-0.25, -0.2) is 14.3 Å². The summed E-state index contributed by atoms with van der Waals surface area (Å²) in [6.45, 7) is 7.32. The van der Waals surface area contributed by atoms with E-state index < -0.39 is 12.1 Å². The number of unbranched alkanes of at least 4 members (excludes halogenated alkanes) is 1. The Labute approximate surface area is 291 Å². The fourth-order valence-electron chi connectivity index (χ4n) is 8.14. The zero-order valence-corrected chi connectivity index (χ0v) is 29.0. The van der Waals surface area contributed by atoms with Crippen LogP contribution in [-0.4, -0.2) is 105 Å². The number of nitrogens with zero attached hydrogens (tertiary/aromatic N) is 5. The summed E-state index contributed by atoms with van der Waals surface area (Å²) >= 11 is 0. The first kappa shape index (κ1) is 37.4. The Hall–Kier alpha value is -3.81. The molecule has 0 radical (unpaired) electrons. The standard InChI is InChI=1S/C34H50N6O3.C2HF3O2/c1-2-3-12-27-25-39(24-26-10-6-4-7-11-26)33(42)43-34(27)17-21-37(22-18-34)28-15-19-38(20-16-28)32(41)30-23-36-40(31(30)35)29-13-8-5-9-14-29;3-2(4,5)1(6)7/h5,8-9,13-14,23,26-28H,2-4,6-7,10-12,15-22,24-25,35H2,1H3;(H,6,7). The Bertz CT molecular complexity index is 1430. The van der Waals surface area contributed by atoms with Gasteiger partial charge < -0.3 is 25.4 Å². The van der Waals surface area contributed by atoms with E-state index in [0.29, 0.717) is 42.3 Å². The van der Waals surface area contributed by atoms with Gasteiger partial charge in [-0.15, -0.1) is 0 Å². The molecule has 1 atom stereocenters. The van der Waals surface area contributed by atoms with Crippen molar-refractivity contribution in [3.8, 4) is 5.69 Å². The minimum atomic E-state index is -5.08. The predicted molar refractivity (Wildman–Crippen MR) is 182 cm³/mol. The zero-order valence-electron chi connectivity index (χ0n) is 29.0. The van der Waals surface area contributed by atoms with Gasteiger partial charge in [0.15, 0.2) is 0 Å². The van der Waals surface area contributed by atoms with Crippen LogP contribution in [0.3, 0.4) is 0 Å². The molecule has 1 aromatic heterocycles. The number of nitrogens with two attached hydrogens (primary N) is 1. The third kappa shape index (κ3) is 8.91. The number of carbonyl (C=O) groups excluding carboxylic acids is 2. The highest BCUT2D eigenvalue weighted by Gasteiger charge is 2.50. The maximum Gasteiger partial charge on any atom is 0.490 e. The van der Waals surface area contributed by atoms with Crippen LogP contribution in [0.5, 0.6) is 0 Å². The summed E-state index contributed by atoms with van der Waals surface area (Å²) in [5, 5.41) is 11.5. The number of benzene rings is 1. The van der Waals surface area contributed by atoms with Crippen LogP contribution in [0.4, 0.5) is 23.8 Å². The van der Waals surface area contributed by atoms with Gasteiger partial charge in [-0.3, -0.25) is 9.69 Å². The van der Waals surface area contributed by atoms with E-state index >= 15 is 0 Å². The number of alkyl halides is 3. The zero-order chi connectivity index (χ0) is 35.9. The van der Waals surface area contributed by atoms with Crippen LogP contribution >= 0.6 is 0 Å². The Kier molecular flexibility index (Phi) is 12.3. The molecule has 6 rings (SSSR count). The molecule has 50 heavy (non-hydrogen) atoms. The molecule has 3 saturated heterocycles. The second-order valence-electron chi connectivity index (χ2n) is 14.2. The monoisotopic (exact) mass is 704 g/mol. The van der Waals surface area contributed by atoms with Crippen molar-refractivity contribution in [2.45, 2.75) is 102 Å². The SMILES string of the molecule is CCCCC1CN(CC2CCCCC2)C(=O)OC12CCN(C1CCN(C(=O)c3cnn(-c4ccccc4)c3N)CC1)CC2.O=C(O)C(F)(F)F. The number of aliphatic carboxylic acids is 1. The van der Waals surface area contributed by atoms with Crippen molar-refractivity contribution >= 4 is 23.8 Å². The summed E-state index contributed by atoms with van der Waals surface area (Å²) in [4.78, 5) is 42.2. The molecule has 0 bridgehead atoms. The predicted octanol–water partition coefficient (Wildman–Crippen LogP) is 6.37. The number of likely N-dealkylation sites (tertiary alicyclic amines) is 2. The second-order valence-corrected chi connectivity index (χ2v) is 14.2. The lowest BCUT2D eigenvalue weighted by Crippen LogP contribution is -2.61. The van der Waals surface area contributed by atoms with Gasteiger partial charge >= 0.3 is 18.2 Å². The number of nitrogen functional groups attached to an aromatic ring is 1. The minimum Gasteiger partial charge on any atom is -0.475 e. The molecule has 276 valence electrons. The summed E-state index contributed by atoms with van der Waals surface area (Å²) < 4.78 is 39.8. The van der Waals surface area contributed by atoms with Crippen LogP contribution < -0.4 is 5.73 Å². The number of rotatable bonds is 8. The first-order valence-corrected chi connectivity index (χ1v) is 18.1. The van der Waals surface area contributed by atoms with Crippen molar-refractivity contribution in [1.29, 1.82) is 0 Å². The highest BCUT2D eigenvalue weighted by Crippen LogP contribution is 2.42. The average Bonchev–Trinajstić information content (AvgIpc) is 3.50. The first-order valence-electron chi connectivity index (χ1n) is 18.1. The van der Waals surface area contributed by atoms with E-state index in [9.17, 15) is 22.8 Å². The summed E-state index contributed by atoms with van der Waals surface area (Å²) in [6.07, 6.45) is 10.1. The normalized spacial score (nSPS) is 22.2. The first-order chi connectivity index (χ1) is 23.9. The third-order valence-electron chi connectivity index (χ3n) is 11.0. The molecule has 11 nitrogen and oxygen atoms in total. The lowest BCUT2D eigenvalue weighted by molar-refractivity contribution is -0.192. The molecule has 1 aromatic carbocycles. The van der Waals surface area contributed by atoms with Gasteiger partial charge in [0, 0.05) is 64.1 Å². The third-order valence-corrected chi connectivity index (χ3v) is 11.0. The number of para-hydroxylation sites is 1. The molecule has 14 heteroatoms. The van der Waals surface area contributed by atoms with Crippen LogP contribution in [0, 0.1) is 11.8 Å². The molecule has 3 N–H and O–H groups in total. The number of anilines is 1. The Balaban J connectivity index is 0.000000630. The van der Waals surface area contributed by atoms with E-state index in [2.05, 4.69) is 21.8 Å². The lowest BCUT2D eigenvalue weighted by Gasteiger charge is -2.52. The molecular formula is C36H51F3N6O5. The van der Waals surface area contributed by atoms with Crippen LogP contribution in [0.2, 0.25) is 0 Å². The van der Waals surface area contributed by atoms with Gasteiger partial charge in [-0.05, 0) is 50.2 Å². The molecule has 4 heterocycles. The molecule has 3 aliphatic heterocycles. The Morgan fingerprint density at radius 3 is 2.26 bits per heavy atom. The highest BCUT2D eigenvalue weighted by molar-refractivity contribution is 5.98. The molecule has 2 amide bonds. The van der Waals surface area contributed by atoms with Crippen molar-refractivity contribution in [3.63, 3.8) is 0 Å². The number of halogens is 3. The summed E-state index contributed by atoms with van der Waals surface area (Å²) in [7, 11) is 0. The number of carbonyl (C=O) groups is 3. The van der Waals surface area contributed by atoms with Crippen LogP contribution in [-0.2, 0) is 9.53 Å². The van der Waals surface area contributed by atoms with Gasteiger partial charge in [0.25, 0.3) is 5.91 Å². The molecule has 4 fully saturated rings. The van der Waals surface area contributed by atoms with Crippen molar-refractivity contribution in [1.82, 2.24) is 24.5 Å². The fourth-order valence-corrected chi connectivity index (χ4v) is 8.14. The quantitative estimate of drug-likeness (QED) is 0.324. The van der Waals surface area contributed by atoms with Crippen LogP contribution in [0.25, 0.3) is 5.69 Å². The van der Waals surface area contributed by atoms with Crippen molar-refractivity contribution in [2.24, 2.45) is 11.8 Å². The van der Waals surface area contributed by atoms with Gasteiger partial charge in [0.05, 0.1) is 11.9 Å². The number of piperidine rings is 2. The molecule has 1 aliphatic carbocycles. The van der Waals surface area contributed by atoms with Gasteiger partial charge in [0.2, 0.25) is 0 Å². The topological polar surface area (TPSA) is 134 Å². The fraction of sp³-hybridized carbons (Fsp3) is 0.667. The minimum absolute atomic E-state index is 0.0404. The molecule has 1 spiro atoms. The van der Waals surface area contributed by atoms with Gasteiger partial charge in [-0.2, -0.15) is 18.3 Å². The van der Waals surface area contributed by atoms with Crippen molar-refractivity contribution in [3.05, 3.63) is 42.1 Å². The number of carboxylic acid groups (broad SMARTS) is 1. The number of ether oxygens (including phenoxy) is 1. The Morgan fingerprint density at radius 2 is 1.66 bits per heavy atom. The summed E-state index contributed by atoms with van der Waals surface area (Å²) in [5.41, 5.74) is 7.36. The molecule has 4 aliphatic rings. The van der Waals surface area contributed by atoms with Crippen molar-refractivity contribution in [2.75, 3.05) is 45.0 Å². The second kappa shape index (κ2) is 16.5. The van der Waals surface area contributed by atoms with Gasteiger partial charge in [0.1, 0.15) is 17.0 Å². The molecule has 1 saturated carbocycles. The number of hydrogen-bond donors (Lipinski definition) is 2. The number of carboxylic acids is 1. The number of amides is 2. The van der Waals surface area contributed by atoms with Crippen LogP contribution in [0.15, 0.2) is 36.5 Å². The molecular weight excluding hydrogens is 653 g/mol. The van der Waals surface area contributed by atoms with Crippen molar-refractivity contribution < 1.29 is 37.4 Å². The maximum atomic E-state index is 13.4. The Morgan fingerprint density at radius 1 is 1.02 bits per heavy atom. The maximum absolute atomic E-state index is 13.4. The summed E-state index contributed by atoms with van der Waals surface area (Å²) in [5.74, 6) is -1.36. The highest BCUT2D eigenvalue weighted by atomic mass is 19.4. The van der Waals surface area contributed by atoms with E-state index in [-0.39, 0.29) is 17.6 Å². The lowest BCUT2D eigenvalue weighted by atomic mass is 9.75.